The van der Waals surface area contributed by atoms with Crippen LogP contribution in [-0.2, 0) is 9.59 Å². The van der Waals surface area contributed by atoms with Gasteiger partial charge in [-0.05, 0) is 19.4 Å². The van der Waals surface area contributed by atoms with Crippen LogP contribution in [0.15, 0.2) is 0 Å². The lowest BCUT2D eigenvalue weighted by Crippen LogP contribution is -2.55. The van der Waals surface area contributed by atoms with Crippen molar-refractivity contribution in [3.8, 4) is 0 Å². The number of piperidine rings is 1. The molecule has 0 saturated carbocycles. The predicted octanol–water partition coefficient (Wildman–Crippen LogP) is 1.33. The second-order valence-corrected chi connectivity index (χ2v) is 6.38. The fraction of sp³-hybridized carbons (Fsp3) is 0.857. The molecule has 1 rings (SSSR count). The van der Waals surface area contributed by atoms with Gasteiger partial charge in [-0.25, -0.2) is 0 Å². The highest BCUT2D eigenvalue weighted by Crippen LogP contribution is 2.24. The van der Waals surface area contributed by atoms with Crippen LogP contribution in [0, 0.1) is 11.3 Å². The van der Waals surface area contributed by atoms with Crippen molar-refractivity contribution in [1.29, 1.82) is 0 Å². The van der Waals surface area contributed by atoms with Gasteiger partial charge in [0.1, 0.15) is 0 Å². The molecule has 0 aromatic carbocycles. The zero-order valence-electron chi connectivity index (χ0n) is 12.4. The SMILES string of the molecule is CCCNC1CC(C(=O)O)CN(C(=O)C(C)(C)C)C1. The first-order valence-corrected chi connectivity index (χ1v) is 7.01. The Labute approximate surface area is 115 Å². The maximum absolute atomic E-state index is 12.3. The van der Waals surface area contributed by atoms with E-state index in [0.29, 0.717) is 19.5 Å². The Morgan fingerprint density at radius 2 is 1.95 bits per heavy atom. The Balaban J connectivity index is 2.75. The molecule has 1 fully saturated rings. The number of hydrogen-bond donors (Lipinski definition) is 2. The molecule has 1 saturated heterocycles. The number of aliphatic carboxylic acids is 1. The average Bonchev–Trinajstić information content (AvgIpc) is 2.33. The van der Waals surface area contributed by atoms with Crippen LogP contribution in [0.1, 0.15) is 40.5 Å². The van der Waals surface area contributed by atoms with Crippen molar-refractivity contribution in [3.05, 3.63) is 0 Å². The number of carbonyl (C=O) groups excluding carboxylic acids is 1. The van der Waals surface area contributed by atoms with Gasteiger partial charge in [0.15, 0.2) is 0 Å². The zero-order chi connectivity index (χ0) is 14.6. The molecule has 2 atom stereocenters. The molecule has 0 aromatic heterocycles. The van der Waals surface area contributed by atoms with Gasteiger partial charge in [-0.2, -0.15) is 0 Å². The number of hydrogen-bond acceptors (Lipinski definition) is 3. The summed E-state index contributed by atoms with van der Waals surface area (Å²) >= 11 is 0. The number of carboxylic acid groups (broad SMARTS) is 1. The topological polar surface area (TPSA) is 69.6 Å². The highest BCUT2D eigenvalue weighted by atomic mass is 16.4. The second-order valence-electron chi connectivity index (χ2n) is 6.38. The van der Waals surface area contributed by atoms with Crippen LogP contribution in [0.25, 0.3) is 0 Å². The van der Waals surface area contributed by atoms with Gasteiger partial charge in [-0.3, -0.25) is 9.59 Å². The van der Waals surface area contributed by atoms with E-state index in [0.717, 1.165) is 13.0 Å². The molecule has 1 aliphatic rings. The molecule has 0 aliphatic carbocycles. The van der Waals surface area contributed by atoms with E-state index in [-0.39, 0.29) is 11.9 Å². The Hall–Kier alpha value is -1.10. The third kappa shape index (κ3) is 4.49. The quantitative estimate of drug-likeness (QED) is 0.808. The standard InChI is InChI=1S/C14H26N2O3/c1-5-6-15-11-7-10(12(17)18)8-16(9-11)13(19)14(2,3)4/h10-11,15H,5-9H2,1-4H3,(H,17,18). The van der Waals surface area contributed by atoms with Crippen LogP contribution in [-0.4, -0.2) is 47.6 Å². The summed E-state index contributed by atoms with van der Waals surface area (Å²) in [6.45, 7) is 9.48. The maximum atomic E-state index is 12.3. The number of likely N-dealkylation sites (tertiary alicyclic amines) is 1. The van der Waals surface area contributed by atoms with Gasteiger partial charge in [0, 0.05) is 24.5 Å². The van der Waals surface area contributed by atoms with E-state index in [9.17, 15) is 14.7 Å². The number of carboxylic acids is 1. The summed E-state index contributed by atoms with van der Waals surface area (Å²) in [6, 6.07) is 0.0844. The van der Waals surface area contributed by atoms with Gasteiger partial charge in [0.25, 0.3) is 0 Å². The van der Waals surface area contributed by atoms with Crippen molar-refractivity contribution >= 4 is 11.9 Å². The van der Waals surface area contributed by atoms with E-state index in [1.807, 2.05) is 20.8 Å². The van der Waals surface area contributed by atoms with Crippen LogP contribution in [0.3, 0.4) is 0 Å². The van der Waals surface area contributed by atoms with Crippen LogP contribution in [0.2, 0.25) is 0 Å². The lowest BCUT2D eigenvalue weighted by atomic mass is 9.89. The number of amides is 1. The summed E-state index contributed by atoms with van der Waals surface area (Å²) in [5, 5.41) is 12.6. The molecule has 1 heterocycles. The minimum Gasteiger partial charge on any atom is -0.481 e. The smallest absolute Gasteiger partial charge is 0.308 e. The molecular formula is C14H26N2O3. The molecule has 1 aliphatic heterocycles. The van der Waals surface area contributed by atoms with E-state index in [2.05, 4.69) is 12.2 Å². The highest BCUT2D eigenvalue weighted by Gasteiger charge is 2.36. The van der Waals surface area contributed by atoms with Gasteiger partial charge in [-0.1, -0.05) is 27.7 Å². The van der Waals surface area contributed by atoms with E-state index >= 15 is 0 Å². The van der Waals surface area contributed by atoms with Crippen molar-refractivity contribution in [2.75, 3.05) is 19.6 Å². The molecule has 110 valence electrons. The molecule has 0 bridgehead atoms. The lowest BCUT2D eigenvalue weighted by molar-refractivity contribution is -0.149. The summed E-state index contributed by atoms with van der Waals surface area (Å²) in [5.41, 5.74) is -0.463. The van der Waals surface area contributed by atoms with Crippen molar-refractivity contribution in [1.82, 2.24) is 10.2 Å². The minimum absolute atomic E-state index is 0.0294. The predicted molar refractivity (Wildman–Crippen MR) is 73.9 cm³/mol. The van der Waals surface area contributed by atoms with Crippen molar-refractivity contribution in [3.63, 3.8) is 0 Å². The average molecular weight is 270 g/mol. The molecule has 0 radical (unpaired) electrons. The number of nitrogens with one attached hydrogen (secondary N) is 1. The molecule has 5 heteroatoms. The van der Waals surface area contributed by atoms with E-state index in [1.165, 1.54) is 0 Å². The fourth-order valence-electron chi connectivity index (χ4n) is 2.41. The van der Waals surface area contributed by atoms with Crippen LogP contribution in [0.4, 0.5) is 0 Å². The Kier molecular flexibility index (Phi) is 5.35. The third-order valence-electron chi connectivity index (χ3n) is 3.41. The normalized spacial score (nSPS) is 24.3. The summed E-state index contributed by atoms with van der Waals surface area (Å²) in [5.74, 6) is -1.24. The zero-order valence-corrected chi connectivity index (χ0v) is 12.4. The summed E-state index contributed by atoms with van der Waals surface area (Å²) in [7, 11) is 0. The summed E-state index contributed by atoms with van der Waals surface area (Å²) < 4.78 is 0. The summed E-state index contributed by atoms with van der Waals surface area (Å²) in [4.78, 5) is 25.2. The van der Waals surface area contributed by atoms with Crippen LogP contribution < -0.4 is 5.32 Å². The largest absolute Gasteiger partial charge is 0.481 e. The Morgan fingerprint density at radius 1 is 1.32 bits per heavy atom. The lowest BCUT2D eigenvalue weighted by Gasteiger charge is -2.39. The van der Waals surface area contributed by atoms with Crippen molar-refractivity contribution in [2.24, 2.45) is 11.3 Å². The van der Waals surface area contributed by atoms with E-state index in [4.69, 9.17) is 0 Å². The first kappa shape index (κ1) is 16.0. The van der Waals surface area contributed by atoms with Gasteiger partial charge in [0.05, 0.1) is 5.92 Å². The van der Waals surface area contributed by atoms with Gasteiger partial charge < -0.3 is 15.3 Å². The molecule has 19 heavy (non-hydrogen) atoms. The second kappa shape index (κ2) is 6.37. The Morgan fingerprint density at radius 3 is 2.42 bits per heavy atom. The maximum Gasteiger partial charge on any atom is 0.308 e. The van der Waals surface area contributed by atoms with Gasteiger partial charge in [0.2, 0.25) is 5.91 Å². The van der Waals surface area contributed by atoms with Crippen LogP contribution in [0.5, 0.6) is 0 Å². The van der Waals surface area contributed by atoms with Crippen molar-refractivity contribution < 1.29 is 14.7 Å². The molecule has 2 N–H and O–H groups in total. The first-order valence-electron chi connectivity index (χ1n) is 7.01. The van der Waals surface area contributed by atoms with Crippen molar-refractivity contribution in [2.45, 2.75) is 46.6 Å². The summed E-state index contributed by atoms with van der Waals surface area (Å²) in [6.07, 6.45) is 1.60. The van der Waals surface area contributed by atoms with Gasteiger partial charge >= 0.3 is 5.97 Å². The third-order valence-corrected chi connectivity index (χ3v) is 3.41. The minimum atomic E-state index is -0.810. The Bertz CT molecular complexity index is 336. The van der Waals surface area contributed by atoms with E-state index in [1.54, 1.807) is 4.90 Å². The van der Waals surface area contributed by atoms with E-state index < -0.39 is 17.3 Å². The fourth-order valence-corrected chi connectivity index (χ4v) is 2.41. The molecule has 0 spiro atoms. The molecular weight excluding hydrogens is 244 g/mol. The van der Waals surface area contributed by atoms with Gasteiger partial charge in [-0.15, -0.1) is 0 Å². The van der Waals surface area contributed by atoms with Crippen LogP contribution >= 0.6 is 0 Å². The molecule has 5 nitrogen and oxygen atoms in total. The first-order chi connectivity index (χ1) is 8.75. The molecule has 0 aromatic rings. The molecule has 2 unspecified atom stereocenters. The molecule has 1 amide bonds. The highest BCUT2D eigenvalue weighted by molar-refractivity contribution is 5.82. The number of carbonyl (C=O) groups is 2. The monoisotopic (exact) mass is 270 g/mol. The number of nitrogens with zero attached hydrogens (tertiary/aromatic N) is 1. The number of rotatable bonds is 4.